The summed E-state index contributed by atoms with van der Waals surface area (Å²) in [5.41, 5.74) is 5.67. The molecule has 0 spiro atoms. The van der Waals surface area contributed by atoms with E-state index in [-0.39, 0.29) is 23.3 Å². The summed E-state index contributed by atoms with van der Waals surface area (Å²) in [5, 5.41) is 3.12. The molecule has 0 radical (unpaired) electrons. The molecule has 0 aromatic carbocycles. The summed E-state index contributed by atoms with van der Waals surface area (Å²) in [7, 11) is 0. The first-order valence-electron chi connectivity index (χ1n) is 6.95. The molecule has 3 N–H and O–H groups in total. The van der Waals surface area contributed by atoms with Gasteiger partial charge in [-0.3, -0.25) is 4.79 Å². The summed E-state index contributed by atoms with van der Waals surface area (Å²) in [4.78, 5) is 12.8. The van der Waals surface area contributed by atoms with Gasteiger partial charge in [0.2, 0.25) is 5.91 Å². The van der Waals surface area contributed by atoms with E-state index < -0.39 is 0 Å². The molecule has 3 nitrogen and oxygen atoms in total. The van der Waals surface area contributed by atoms with Crippen molar-refractivity contribution in [3.8, 4) is 0 Å². The van der Waals surface area contributed by atoms with Gasteiger partial charge in [0.15, 0.2) is 0 Å². The number of nitrogens with two attached hydrogens (primary N) is 1. The fourth-order valence-electron chi connectivity index (χ4n) is 2.82. The molecule has 0 heterocycles. The SMILES string of the molecule is CCC(CC(N)=S)NC(=O)C1CCCCC1(C)C. The van der Waals surface area contributed by atoms with Crippen molar-refractivity contribution >= 4 is 23.1 Å². The predicted molar refractivity (Wildman–Crippen MR) is 79.4 cm³/mol. The zero-order valence-electron chi connectivity index (χ0n) is 11.8. The van der Waals surface area contributed by atoms with Crippen molar-refractivity contribution in [1.82, 2.24) is 5.32 Å². The highest BCUT2D eigenvalue weighted by molar-refractivity contribution is 7.80. The van der Waals surface area contributed by atoms with Gasteiger partial charge in [0, 0.05) is 18.4 Å². The molecule has 1 rings (SSSR count). The van der Waals surface area contributed by atoms with Crippen LogP contribution in [0.25, 0.3) is 0 Å². The minimum Gasteiger partial charge on any atom is -0.393 e. The van der Waals surface area contributed by atoms with Crippen LogP contribution in [0.1, 0.15) is 59.3 Å². The molecule has 4 heteroatoms. The standard InChI is InChI=1S/C14H26N2OS/c1-4-10(9-12(15)18)16-13(17)11-7-5-6-8-14(11,2)3/h10-11H,4-9H2,1-3H3,(H2,15,18)(H,16,17). The lowest BCUT2D eigenvalue weighted by molar-refractivity contribution is -0.130. The fraction of sp³-hybridized carbons (Fsp3) is 0.857. The molecule has 1 aliphatic carbocycles. The summed E-state index contributed by atoms with van der Waals surface area (Å²) in [5.74, 6) is 0.314. The van der Waals surface area contributed by atoms with Gasteiger partial charge in [-0.2, -0.15) is 0 Å². The Balaban J connectivity index is 2.60. The Hall–Kier alpha value is -0.640. The summed E-state index contributed by atoms with van der Waals surface area (Å²) in [6, 6.07) is 0.0905. The lowest BCUT2D eigenvalue weighted by Crippen LogP contribution is -2.45. The van der Waals surface area contributed by atoms with Gasteiger partial charge in [-0.1, -0.05) is 45.8 Å². The van der Waals surface area contributed by atoms with Gasteiger partial charge in [-0.15, -0.1) is 0 Å². The number of nitrogens with one attached hydrogen (secondary N) is 1. The van der Waals surface area contributed by atoms with Crippen molar-refractivity contribution < 1.29 is 4.79 Å². The first-order chi connectivity index (χ1) is 8.36. The molecule has 0 aromatic heterocycles. The average molecular weight is 270 g/mol. The Kier molecular flexibility index (Phi) is 5.57. The molecule has 0 aromatic rings. The molecule has 1 saturated carbocycles. The van der Waals surface area contributed by atoms with Crippen LogP contribution in [0.2, 0.25) is 0 Å². The first kappa shape index (κ1) is 15.4. The van der Waals surface area contributed by atoms with Crippen molar-refractivity contribution in [2.75, 3.05) is 0 Å². The number of carbonyl (C=O) groups is 1. The zero-order valence-corrected chi connectivity index (χ0v) is 12.6. The maximum Gasteiger partial charge on any atom is 0.223 e. The summed E-state index contributed by atoms with van der Waals surface area (Å²) < 4.78 is 0. The molecule has 2 unspecified atom stereocenters. The topological polar surface area (TPSA) is 55.1 Å². The first-order valence-corrected chi connectivity index (χ1v) is 7.36. The van der Waals surface area contributed by atoms with Gasteiger partial charge in [-0.25, -0.2) is 0 Å². The molecule has 0 aliphatic heterocycles. The second-order valence-electron chi connectivity index (χ2n) is 6.07. The fourth-order valence-corrected chi connectivity index (χ4v) is 3.02. The van der Waals surface area contributed by atoms with Gasteiger partial charge < -0.3 is 11.1 Å². The van der Waals surface area contributed by atoms with Crippen molar-refractivity contribution in [2.45, 2.75) is 65.3 Å². The predicted octanol–water partition coefficient (Wildman–Crippen LogP) is 2.77. The van der Waals surface area contributed by atoms with Gasteiger partial charge in [0.1, 0.15) is 0 Å². The van der Waals surface area contributed by atoms with E-state index in [0.29, 0.717) is 11.4 Å². The second kappa shape index (κ2) is 6.50. The molecule has 0 saturated heterocycles. The van der Waals surface area contributed by atoms with Crippen LogP contribution in [-0.4, -0.2) is 16.9 Å². The van der Waals surface area contributed by atoms with Crippen LogP contribution >= 0.6 is 12.2 Å². The van der Waals surface area contributed by atoms with Crippen LogP contribution in [0.15, 0.2) is 0 Å². The van der Waals surface area contributed by atoms with Crippen LogP contribution < -0.4 is 11.1 Å². The van der Waals surface area contributed by atoms with E-state index in [0.717, 1.165) is 25.7 Å². The Bertz CT molecular complexity index is 315. The highest BCUT2D eigenvalue weighted by Gasteiger charge is 2.37. The molecule has 1 aliphatic rings. The molecule has 0 bridgehead atoms. The number of thiocarbonyl (C=S) groups is 1. The third-order valence-electron chi connectivity index (χ3n) is 4.11. The molecule has 104 valence electrons. The molecule has 18 heavy (non-hydrogen) atoms. The minimum atomic E-state index is 0.0905. The highest BCUT2D eigenvalue weighted by atomic mass is 32.1. The molecular weight excluding hydrogens is 244 g/mol. The van der Waals surface area contributed by atoms with E-state index in [4.69, 9.17) is 18.0 Å². The maximum atomic E-state index is 12.4. The maximum absolute atomic E-state index is 12.4. The van der Waals surface area contributed by atoms with Crippen LogP contribution in [0.3, 0.4) is 0 Å². The van der Waals surface area contributed by atoms with Crippen LogP contribution in [-0.2, 0) is 4.79 Å². The molecule has 1 fully saturated rings. The van der Waals surface area contributed by atoms with Crippen LogP contribution in [0, 0.1) is 11.3 Å². The normalized spacial score (nSPS) is 24.3. The van der Waals surface area contributed by atoms with Crippen LogP contribution in [0.4, 0.5) is 0 Å². The Morgan fingerprint density at radius 2 is 2.17 bits per heavy atom. The number of rotatable bonds is 5. The average Bonchev–Trinajstić information content (AvgIpc) is 2.26. The quantitative estimate of drug-likeness (QED) is 0.755. The van der Waals surface area contributed by atoms with E-state index in [1.807, 2.05) is 0 Å². The van der Waals surface area contributed by atoms with E-state index in [1.165, 1.54) is 6.42 Å². The number of hydrogen-bond acceptors (Lipinski definition) is 2. The number of amides is 1. The second-order valence-corrected chi connectivity index (χ2v) is 6.60. The lowest BCUT2D eigenvalue weighted by atomic mass is 9.68. The van der Waals surface area contributed by atoms with E-state index >= 15 is 0 Å². The number of hydrogen-bond donors (Lipinski definition) is 2. The third kappa shape index (κ3) is 4.23. The van der Waals surface area contributed by atoms with E-state index in [1.54, 1.807) is 0 Å². The van der Waals surface area contributed by atoms with Crippen LogP contribution in [0.5, 0.6) is 0 Å². The zero-order chi connectivity index (χ0) is 13.8. The summed E-state index contributed by atoms with van der Waals surface area (Å²) >= 11 is 4.92. The smallest absolute Gasteiger partial charge is 0.223 e. The molecular formula is C14H26N2OS. The Morgan fingerprint density at radius 1 is 1.50 bits per heavy atom. The Morgan fingerprint density at radius 3 is 2.67 bits per heavy atom. The van der Waals surface area contributed by atoms with Gasteiger partial charge in [-0.05, 0) is 24.7 Å². The van der Waals surface area contributed by atoms with Gasteiger partial charge in [0.05, 0.1) is 4.99 Å². The van der Waals surface area contributed by atoms with E-state index in [2.05, 4.69) is 26.1 Å². The minimum absolute atomic E-state index is 0.0905. The largest absolute Gasteiger partial charge is 0.393 e. The number of carbonyl (C=O) groups excluding carboxylic acids is 1. The monoisotopic (exact) mass is 270 g/mol. The van der Waals surface area contributed by atoms with Gasteiger partial charge in [0.25, 0.3) is 0 Å². The Labute approximate surface area is 116 Å². The van der Waals surface area contributed by atoms with E-state index in [9.17, 15) is 4.79 Å². The summed E-state index contributed by atoms with van der Waals surface area (Å²) in [6.45, 7) is 6.45. The van der Waals surface area contributed by atoms with Crippen molar-refractivity contribution in [2.24, 2.45) is 17.1 Å². The van der Waals surface area contributed by atoms with Crippen molar-refractivity contribution in [3.63, 3.8) is 0 Å². The lowest BCUT2D eigenvalue weighted by Gasteiger charge is -2.38. The van der Waals surface area contributed by atoms with Crippen molar-refractivity contribution in [1.29, 1.82) is 0 Å². The third-order valence-corrected chi connectivity index (χ3v) is 4.28. The summed E-state index contributed by atoms with van der Waals surface area (Å²) in [6.07, 6.45) is 6.01. The van der Waals surface area contributed by atoms with Crippen molar-refractivity contribution in [3.05, 3.63) is 0 Å². The van der Waals surface area contributed by atoms with Gasteiger partial charge >= 0.3 is 0 Å². The highest BCUT2D eigenvalue weighted by Crippen LogP contribution is 2.40. The molecule has 1 amide bonds. The molecule has 2 atom stereocenters.